The number of rotatable bonds is 9. The number of aliphatic carboxylic acids is 1. The predicted molar refractivity (Wildman–Crippen MR) is 144 cm³/mol. The molecule has 2 heterocycles. The van der Waals surface area contributed by atoms with Gasteiger partial charge in [-0.15, -0.1) is 0 Å². The van der Waals surface area contributed by atoms with Crippen molar-refractivity contribution < 1.29 is 19.1 Å². The van der Waals surface area contributed by atoms with Crippen molar-refractivity contribution in [2.24, 2.45) is 0 Å². The van der Waals surface area contributed by atoms with Crippen LogP contribution >= 0.6 is 0 Å². The molecular weight excluding hydrogens is 466 g/mol. The number of furan rings is 1. The van der Waals surface area contributed by atoms with Gasteiger partial charge in [0, 0.05) is 35.9 Å². The quantitative estimate of drug-likeness (QED) is 0.278. The van der Waals surface area contributed by atoms with Gasteiger partial charge in [-0.05, 0) is 62.1 Å². The molecule has 4 rings (SSSR count). The number of aryl methyl sites for hydroxylation is 4. The lowest BCUT2D eigenvalue weighted by Gasteiger charge is -2.17. The maximum absolute atomic E-state index is 12.9. The van der Waals surface area contributed by atoms with E-state index in [1.807, 2.05) is 88.5 Å². The van der Waals surface area contributed by atoms with Gasteiger partial charge in [-0.2, -0.15) is 0 Å². The van der Waals surface area contributed by atoms with Crippen LogP contribution in [0.2, 0.25) is 0 Å². The fraction of sp³-hybridized carbons (Fsp3) is 0.233. The molecule has 0 aliphatic carbocycles. The number of amides is 1. The van der Waals surface area contributed by atoms with Crippen LogP contribution in [-0.2, 0) is 17.8 Å². The molecule has 0 spiro atoms. The second-order valence-corrected chi connectivity index (χ2v) is 9.43. The maximum Gasteiger partial charge on any atom is 0.326 e. The summed E-state index contributed by atoms with van der Waals surface area (Å²) < 4.78 is 5.74. The van der Waals surface area contributed by atoms with E-state index < -0.39 is 12.0 Å². The van der Waals surface area contributed by atoms with Crippen LogP contribution in [0.5, 0.6) is 0 Å². The minimum absolute atomic E-state index is 0.169. The van der Waals surface area contributed by atoms with Gasteiger partial charge < -0.3 is 20.2 Å². The minimum atomic E-state index is -1.08. The van der Waals surface area contributed by atoms with Gasteiger partial charge in [0.2, 0.25) is 0 Å². The number of carbonyl (C=O) groups excluding carboxylic acids is 1. The molecule has 3 N–H and O–H groups in total. The van der Waals surface area contributed by atoms with E-state index in [1.54, 1.807) is 6.26 Å². The SMILES string of the molecule is Cc1ccc(NCc2coc(-c3ccc(CC(NC(=O)c4c(C)cc(C)cc4C)C(=O)O)cc3)c2)nc1. The Hall–Kier alpha value is -4.39. The molecule has 7 nitrogen and oxygen atoms in total. The van der Waals surface area contributed by atoms with Crippen molar-refractivity contribution in [3.05, 3.63) is 106 Å². The van der Waals surface area contributed by atoms with Gasteiger partial charge in [-0.25, -0.2) is 9.78 Å². The number of hydrogen-bond donors (Lipinski definition) is 3. The van der Waals surface area contributed by atoms with E-state index in [0.29, 0.717) is 17.9 Å². The Morgan fingerprint density at radius 2 is 1.62 bits per heavy atom. The third-order valence-electron chi connectivity index (χ3n) is 6.22. The molecule has 0 bridgehead atoms. The second kappa shape index (κ2) is 11.1. The number of nitrogens with one attached hydrogen (secondary N) is 2. The molecule has 37 heavy (non-hydrogen) atoms. The Morgan fingerprint density at radius 1 is 0.919 bits per heavy atom. The summed E-state index contributed by atoms with van der Waals surface area (Å²) in [7, 11) is 0. The molecule has 0 saturated heterocycles. The molecule has 190 valence electrons. The van der Waals surface area contributed by atoms with Crippen molar-refractivity contribution in [3.63, 3.8) is 0 Å². The average Bonchev–Trinajstić information content (AvgIpc) is 3.32. The zero-order valence-corrected chi connectivity index (χ0v) is 21.5. The number of anilines is 1. The van der Waals surface area contributed by atoms with Crippen LogP contribution in [0, 0.1) is 27.7 Å². The summed E-state index contributed by atoms with van der Waals surface area (Å²) in [5, 5.41) is 15.7. The molecule has 7 heteroatoms. The second-order valence-electron chi connectivity index (χ2n) is 9.43. The predicted octanol–water partition coefficient (Wildman–Crippen LogP) is 5.61. The van der Waals surface area contributed by atoms with E-state index in [9.17, 15) is 14.7 Å². The lowest BCUT2D eigenvalue weighted by molar-refractivity contribution is -0.139. The standard InChI is InChI=1S/C30H31N3O4/c1-18-5-10-27(31-15-18)32-16-23-14-26(37-17-23)24-8-6-22(7-9-24)13-25(30(35)36)33-29(34)28-20(3)11-19(2)12-21(28)4/h5-12,14-15,17,25H,13,16H2,1-4H3,(H,31,32)(H,33,34)(H,35,36). The average molecular weight is 498 g/mol. The van der Waals surface area contributed by atoms with Crippen LogP contribution in [0.15, 0.2) is 71.5 Å². The van der Waals surface area contributed by atoms with Crippen molar-refractivity contribution in [1.29, 1.82) is 0 Å². The van der Waals surface area contributed by atoms with Crippen molar-refractivity contribution in [2.45, 2.75) is 46.7 Å². The number of carbonyl (C=O) groups is 2. The summed E-state index contributed by atoms with van der Waals surface area (Å²) in [5.41, 5.74) is 7.00. The molecule has 1 amide bonds. The Labute approximate surface area is 216 Å². The summed E-state index contributed by atoms with van der Waals surface area (Å²) in [6.45, 7) is 8.26. The smallest absolute Gasteiger partial charge is 0.326 e. The van der Waals surface area contributed by atoms with Crippen LogP contribution in [0.3, 0.4) is 0 Å². The van der Waals surface area contributed by atoms with Gasteiger partial charge >= 0.3 is 5.97 Å². The molecule has 0 aliphatic heterocycles. The third kappa shape index (κ3) is 6.44. The van der Waals surface area contributed by atoms with Gasteiger partial charge in [-0.3, -0.25) is 4.79 Å². The van der Waals surface area contributed by atoms with E-state index >= 15 is 0 Å². The van der Waals surface area contributed by atoms with Crippen LogP contribution < -0.4 is 10.6 Å². The van der Waals surface area contributed by atoms with Crippen molar-refractivity contribution in [1.82, 2.24) is 10.3 Å². The molecule has 4 aromatic rings. The first kappa shape index (κ1) is 25.7. The van der Waals surface area contributed by atoms with Crippen molar-refractivity contribution in [3.8, 4) is 11.3 Å². The van der Waals surface area contributed by atoms with Crippen molar-refractivity contribution >= 4 is 17.7 Å². The summed E-state index contributed by atoms with van der Waals surface area (Å²) in [5.74, 6) is 0.0572. The zero-order chi connectivity index (χ0) is 26.5. The highest BCUT2D eigenvalue weighted by atomic mass is 16.4. The van der Waals surface area contributed by atoms with E-state index in [0.717, 1.165) is 44.8 Å². The Balaban J connectivity index is 1.39. The van der Waals surface area contributed by atoms with E-state index in [2.05, 4.69) is 15.6 Å². The first-order valence-electron chi connectivity index (χ1n) is 12.1. The molecule has 1 atom stereocenters. The lowest BCUT2D eigenvalue weighted by Crippen LogP contribution is -2.42. The molecule has 2 aromatic carbocycles. The zero-order valence-electron chi connectivity index (χ0n) is 21.5. The normalized spacial score (nSPS) is 11.7. The molecular formula is C30H31N3O4. The van der Waals surface area contributed by atoms with Crippen LogP contribution in [-0.4, -0.2) is 28.0 Å². The topological polar surface area (TPSA) is 104 Å². The Kier molecular flexibility index (Phi) is 7.72. The number of nitrogens with zero attached hydrogens (tertiary/aromatic N) is 1. The molecule has 0 saturated carbocycles. The van der Waals surface area contributed by atoms with Gasteiger partial charge in [0.15, 0.2) is 0 Å². The number of carboxylic acid groups (broad SMARTS) is 1. The third-order valence-corrected chi connectivity index (χ3v) is 6.22. The lowest BCUT2D eigenvalue weighted by atomic mass is 9.98. The highest BCUT2D eigenvalue weighted by molar-refractivity contribution is 5.99. The van der Waals surface area contributed by atoms with E-state index in [4.69, 9.17) is 4.42 Å². The van der Waals surface area contributed by atoms with Crippen LogP contribution in [0.25, 0.3) is 11.3 Å². The molecule has 2 aromatic heterocycles. The number of carboxylic acids is 1. The van der Waals surface area contributed by atoms with Gasteiger partial charge in [-0.1, -0.05) is 48.0 Å². The first-order valence-corrected chi connectivity index (χ1v) is 12.1. The fourth-order valence-corrected chi connectivity index (χ4v) is 4.39. The first-order chi connectivity index (χ1) is 17.7. The monoisotopic (exact) mass is 497 g/mol. The van der Waals surface area contributed by atoms with Gasteiger partial charge in [0.25, 0.3) is 5.91 Å². The Bertz CT molecular complexity index is 1380. The summed E-state index contributed by atoms with van der Waals surface area (Å²) >= 11 is 0. The highest BCUT2D eigenvalue weighted by Gasteiger charge is 2.23. The molecule has 0 aliphatic rings. The Morgan fingerprint density at radius 3 is 2.24 bits per heavy atom. The molecule has 0 radical (unpaired) electrons. The summed E-state index contributed by atoms with van der Waals surface area (Å²) in [4.78, 5) is 29.2. The van der Waals surface area contributed by atoms with Crippen molar-refractivity contribution in [2.75, 3.05) is 5.32 Å². The number of benzene rings is 2. The van der Waals surface area contributed by atoms with E-state index in [-0.39, 0.29) is 12.3 Å². The maximum atomic E-state index is 12.9. The van der Waals surface area contributed by atoms with Crippen LogP contribution in [0.4, 0.5) is 5.82 Å². The fourth-order valence-electron chi connectivity index (χ4n) is 4.39. The van der Waals surface area contributed by atoms with Gasteiger partial charge in [0.05, 0.1) is 6.26 Å². The highest BCUT2D eigenvalue weighted by Crippen LogP contribution is 2.24. The molecule has 0 fully saturated rings. The largest absolute Gasteiger partial charge is 0.480 e. The number of hydrogen-bond acceptors (Lipinski definition) is 5. The minimum Gasteiger partial charge on any atom is -0.480 e. The number of pyridine rings is 1. The summed E-state index contributed by atoms with van der Waals surface area (Å²) in [6.07, 6.45) is 3.69. The van der Waals surface area contributed by atoms with Crippen LogP contribution in [0.1, 0.15) is 43.7 Å². The van der Waals surface area contributed by atoms with E-state index in [1.165, 1.54) is 0 Å². The molecule has 1 unspecified atom stereocenters. The number of aromatic nitrogens is 1. The summed E-state index contributed by atoms with van der Waals surface area (Å²) in [6, 6.07) is 16.2. The van der Waals surface area contributed by atoms with Gasteiger partial charge in [0.1, 0.15) is 17.6 Å².